The van der Waals surface area contributed by atoms with Gasteiger partial charge < -0.3 is 0 Å². The van der Waals surface area contributed by atoms with Crippen molar-refractivity contribution >= 4 is 28.2 Å². The Morgan fingerprint density at radius 1 is 1.00 bits per heavy atom. The van der Waals surface area contributed by atoms with Crippen molar-refractivity contribution in [1.29, 1.82) is 0 Å². The largest absolute Gasteiger partial charge is 0.298 e. The van der Waals surface area contributed by atoms with Crippen molar-refractivity contribution in [1.82, 2.24) is 9.55 Å². The molecule has 2 heterocycles. The maximum atomic E-state index is 12.6. The molecule has 0 aliphatic carbocycles. The van der Waals surface area contributed by atoms with E-state index in [0.717, 1.165) is 22.6 Å². The lowest BCUT2D eigenvalue weighted by molar-refractivity contribution is 0.0984. The number of carbonyl (C=O) groups is 2. The molecule has 0 fully saturated rings. The van der Waals surface area contributed by atoms with Crippen LogP contribution < -0.4 is 10.9 Å². The zero-order valence-corrected chi connectivity index (χ0v) is 18.3. The number of pyridine rings is 1. The average molecular weight is 444 g/mol. The first-order chi connectivity index (χ1) is 15.5. The summed E-state index contributed by atoms with van der Waals surface area (Å²) < 4.78 is 1.47. The quantitative estimate of drug-likeness (QED) is 0.421. The molecular weight excluding hydrogens is 422 g/mol. The van der Waals surface area contributed by atoms with E-state index in [0.29, 0.717) is 28.5 Å². The molecule has 0 bridgehead atoms. The minimum absolute atomic E-state index is 0.00481. The van der Waals surface area contributed by atoms with E-state index in [-0.39, 0.29) is 16.9 Å². The molecule has 0 atom stereocenters. The fraction of sp³-hybridized carbons (Fsp3) is 0.120. The van der Waals surface area contributed by atoms with E-state index in [2.05, 4.69) is 10.3 Å². The third-order valence-electron chi connectivity index (χ3n) is 4.97. The van der Waals surface area contributed by atoms with E-state index in [1.165, 1.54) is 10.6 Å². The van der Waals surface area contributed by atoms with Gasteiger partial charge in [0.25, 0.3) is 11.5 Å². The Kier molecular flexibility index (Phi) is 6.37. The molecule has 0 spiro atoms. The van der Waals surface area contributed by atoms with Gasteiger partial charge in [-0.2, -0.15) is 0 Å². The summed E-state index contributed by atoms with van der Waals surface area (Å²) in [5, 5.41) is 3.04. The van der Waals surface area contributed by atoms with Gasteiger partial charge in [0.15, 0.2) is 10.9 Å². The number of carbonyl (C=O) groups excluding carboxylic acids is 2. The third kappa shape index (κ3) is 4.90. The van der Waals surface area contributed by atoms with Crippen LogP contribution in [0, 0.1) is 6.92 Å². The van der Waals surface area contributed by atoms with E-state index in [4.69, 9.17) is 0 Å². The molecule has 4 aromatic rings. The summed E-state index contributed by atoms with van der Waals surface area (Å²) in [6.45, 7) is 1.75. The first-order valence-electron chi connectivity index (χ1n) is 10.2. The maximum Gasteiger partial charge on any atom is 0.257 e. The fourth-order valence-electron chi connectivity index (χ4n) is 3.32. The summed E-state index contributed by atoms with van der Waals surface area (Å²) in [6.07, 6.45) is 2.59. The molecule has 2 aromatic heterocycles. The van der Waals surface area contributed by atoms with Gasteiger partial charge >= 0.3 is 0 Å². The second kappa shape index (κ2) is 9.53. The van der Waals surface area contributed by atoms with E-state index < -0.39 is 5.91 Å². The monoisotopic (exact) mass is 443 g/mol. The SMILES string of the molecule is Cc1nc(NC(=O)c2ccn(-c3ccccc3)c(=O)c2)sc1C(=O)CCc1ccccc1. The number of amides is 1. The normalized spacial score (nSPS) is 10.7. The number of Topliss-reactive ketones (excluding diaryl/α,β-unsaturated/α-hetero) is 1. The Balaban J connectivity index is 1.44. The number of hydrogen-bond donors (Lipinski definition) is 1. The van der Waals surface area contributed by atoms with Crippen molar-refractivity contribution in [2.45, 2.75) is 19.8 Å². The van der Waals surface area contributed by atoms with Crippen LogP contribution in [0.3, 0.4) is 0 Å². The number of anilines is 1. The van der Waals surface area contributed by atoms with Gasteiger partial charge in [-0.3, -0.25) is 24.3 Å². The van der Waals surface area contributed by atoms with E-state index in [1.54, 1.807) is 19.2 Å². The van der Waals surface area contributed by atoms with Crippen LogP contribution in [-0.4, -0.2) is 21.2 Å². The first-order valence-corrected chi connectivity index (χ1v) is 11.0. The molecule has 0 radical (unpaired) electrons. The zero-order valence-electron chi connectivity index (χ0n) is 17.4. The van der Waals surface area contributed by atoms with Crippen molar-refractivity contribution < 1.29 is 9.59 Å². The second-order valence-electron chi connectivity index (χ2n) is 7.26. The van der Waals surface area contributed by atoms with Crippen LogP contribution in [0.2, 0.25) is 0 Å². The van der Waals surface area contributed by atoms with Gasteiger partial charge in [0, 0.05) is 29.9 Å². The van der Waals surface area contributed by atoms with Crippen molar-refractivity contribution in [2.75, 3.05) is 5.32 Å². The van der Waals surface area contributed by atoms with Gasteiger partial charge in [-0.15, -0.1) is 0 Å². The number of hydrogen-bond acceptors (Lipinski definition) is 5. The van der Waals surface area contributed by atoms with E-state index in [1.807, 2.05) is 60.7 Å². The summed E-state index contributed by atoms with van der Waals surface area (Å²) in [7, 11) is 0. The number of para-hydroxylation sites is 1. The number of aromatic nitrogens is 2. The molecule has 1 N–H and O–H groups in total. The summed E-state index contributed by atoms with van der Waals surface area (Å²) in [5.41, 5.74) is 2.33. The zero-order chi connectivity index (χ0) is 22.5. The van der Waals surface area contributed by atoms with Crippen LogP contribution >= 0.6 is 11.3 Å². The summed E-state index contributed by atoms with van der Waals surface area (Å²) in [6, 6.07) is 21.9. The molecule has 0 unspecified atom stereocenters. The van der Waals surface area contributed by atoms with Crippen LogP contribution in [0.25, 0.3) is 5.69 Å². The Morgan fingerprint density at radius 3 is 2.38 bits per heavy atom. The molecule has 6 nitrogen and oxygen atoms in total. The van der Waals surface area contributed by atoms with Crippen molar-refractivity contribution in [2.24, 2.45) is 0 Å². The summed E-state index contributed by atoms with van der Waals surface area (Å²) in [5.74, 6) is -0.450. The Labute approximate surface area is 189 Å². The van der Waals surface area contributed by atoms with Crippen LogP contribution in [0.1, 0.15) is 37.7 Å². The lowest BCUT2D eigenvalue weighted by Gasteiger charge is -2.06. The minimum atomic E-state index is -0.445. The van der Waals surface area contributed by atoms with Crippen LogP contribution in [0.15, 0.2) is 83.8 Å². The highest BCUT2D eigenvalue weighted by Crippen LogP contribution is 2.25. The number of nitrogens with one attached hydrogen (secondary N) is 1. The van der Waals surface area contributed by atoms with Gasteiger partial charge in [0.05, 0.1) is 10.6 Å². The van der Waals surface area contributed by atoms with E-state index in [9.17, 15) is 14.4 Å². The van der Waals surface area contributed by atoms with Gasteiger partial charge in [-0.05, 0) is 37.1 Å². The lowest BCUT2D eigenvalue weighted by Crippen LogP contribution is -2.21. The molecule has 2 aromatic carbocycles. The minimum Gasteiger partial charge on any atom is -0.298 e. The predicted octanol–water partition coefficient (Wildman–Crippen LogP) is 4.67. The summed E-state index contributed by atoms with van der Waals surface area (Å²) in [4.78, 5) is 42.6. The number of nitrogens with zero attached hydrogens (tertiary/aromatic N) is 2. The molecular formula is C25H21N3O3S. The number of rotatable bonds is 7. The molecule has 0 aliphatic heterocycles. The second-order valence-corrected chi connectivity index (χ2v) is 8.25. The third-order valence-corrected chi connectivity index (χ3v) is 6.08. The molecule has 32 heavy (non-hydrogen) atoms. The Bertz CT molecular complexity index is 1310. The Hall–Kier alpha value is -3.84. The standard InChI is InChI=1S/C25H21N3O3S/c1-17-23(21(29)13-12-18-8-4-2-5-9-18)32-25(26-17)27-24(31)19-14-15-28(22(30)16-19)20-10-6-3-7-11-20/h2-11,14-16H,12-13H2,1H3,(H,26,27,31). The Morgan fingerprint density at radius 2 is 1.69 bits per heavy atom. The fourth-order valence-corrected chi connectivity index (χ4v) is 4.24. The lowest BCUT2D eigenvalue weighted by atomic mass is 10.1. The van der Waals surface area contributed by atoms with Crippen LogP contribution in [0.4, 0.5) is 5.13 Å². The predicted molar refractivity (Wildman–Crippen MR) is 126 cm³/mol. The molecule has 0 aliphatic rings. The molecule has 7 heteroatoms. The average Bonchev–Trinajstić information content (AvgIpc) is 3.18. The van der Waals surface area contributed by atoms with E-state index >= 15 is 0 Å². The molecule has 160 valence electrons. The molecule has 1 amide bonds. The van der Waals surface area contributed by atoms with Gasteiger partial charge in [0.2, 0.25) is 0 Å². The van der Waals surface area contributed by atoms with Crippen LogP contribution in [-0.2, 0) is 6.42 Å². The highest BCUT2D eigenvalue weighted by atomic mass is 32.1. The first kappa shape index (κ1) is 21.4. The van der Waals surface area contributed by atoms with Gasteiger partial charge in [-0.25, -0.2) is 4.98 Å². The maximum absolute atomic E-state index is 12.6. The highest BCUT2D eigenvalue weighted by molar-refractivity contribution is 7.17. The topological polar surface area (TPSA) is 81.1 Å². The number of benzene rings is 2. The van der Waals surface area contributed by atoms with Crippen molar-refractivity contribution in [3.8, 4) is 5.69 Å². The molecule has 4 rings (SSSR count). The number of thiazole rings is 1. The smallest absolute Gasteiger partial charge is 0.257 e. The van der Waals surface area contributed by atoms with Gasteiger partial charge in [-0.1, -0.05) is 59.9 Å². The van der Waals surface area contributed by atoms with Crippen molar-refractivity contribution in [3.05, 3.63) is 111 Å². The highest BCUT2D eigenvalue weighted by Gasteiger charge is 2.17. The van der Waals surface area contributed by atoms with Crippen LogP contribution in [0.5, 0.6) is 0 Å². The molecule has 0 saturated heterocycles. The van der Waals surface area contributed by atoms with Crippen molar-refractivity contribution in [3.63, 3.8) is 0 Å². The summed E-state index contributed by atoms with van der Waals surface area (Å²) >= 11 is 1.15. The molecule has 0 saturated carbocycles. The number of aryl methyl sites for hydroxylation is 2. The van der Waals surface area contributed by atoms with Gasteiger partial charge in [0.1, 0.15) is 0 Å². The number of ketones is 1.